The summed E-state index contributed by atoms with van der Waals surface area (Å²) in [5, 5.41) is 20.4. The average Bonchev–Trinajstić information content (AvgIpc) is 3.31. The van der Waals surface area contributed by atoms with E-state index in [1.807, 2.05) is 36.4 Å². The third kappa shape index (κ3) is 3.81. The molecule has 0 aliphatic heterocycles. The maximum absolute atomic E-state index is 11.3. The van der Waals surface area contributed by atoms with Gasteiger partial charge in [-0.25, -0.2) is 9.89 Å². The molecular formula is C25H20N6O2. The van der Waals surface area contributed by atoms with Crippen molar-refractivity contribution in [3.05, 3.63) is 83.3 Å². The molecule has 1 unspecified atom stereocenters. The number of anilines is 1. The Kier molecular flexibility index (Phi) is 5.07. The van der Waals surface area contributed by atoms with Crippen LogP contribution in [0, 0.1) is 11.3 Å². The number of nitrogens with one attached hydrogen (secondary N) is 2. The van der Waals surface area contributed by atoms with Gasteiger partial charge < -0.3 is 9.73 Å². The number of benzene rings is 1. The lowest BCUT2D eigenvalue weighted by Crippen LogP contribution is -2.36. The van der Waals surface area contributed by atoms with E-state index >= 15 is 0 Å². The molecule has 0 fully saturated rings. The highest BCUT2D eigenvalue weighted by molar-refractivity contribution is 5.97. The molecule has 0 amide bonds. The van der Waals surface area contributed by atoms with Gasteiger partial charge in [0.05, 0.1) is 27.9 Å². The molecule has 1 aliphatic carbocycles. The molecule has 5 rings (SSSR count). The standard InChI is InChI=1S/C25H20N6O2/c1-2-25(8-4-3-5-9-25)29-22-19(12-26)15-28-21-7-6-16(11-20(21)22)17-10-18(14-27-13-17)23-30-31-24(32)33-23/h3-8,10-11,13-15H,2,9H2,1H3,(H,28,29)(H,31,32). The van der Waals surface area contributed by atoms with Crippen LogP contribution in [0.2, 0.25) is 0 Å². The van der Waals surface area contributed by atoms with Crippen LogP contribution in [0.1, 0.15) is 25.3 Å². The summed E-state index contributed by atoms with van der Waals surface area (Å²) < 4.78 is 5.06. The zero-order valence-corrected chi connectivity index (χ0v) is 17.9. The number of fused-ring (bicyclic) bond motifs is 1. The monoisotopic (exact) mass is 436 g/mol. The van der Waals surface area contributed by atoms with E-state index in [0.29, 0.717) is 11.1 Å². The first-order valence-electron chi connectivity index (χ1n) is 10.6. The molecule has 0 saturated carbocycles. The molecule has 33 heavy (non-hydrogen) atoms. The third-order valence-electron chi connectivity index (χ3n) is 5.89. The van der Waals surface area contributed by atoms with Crippen molar-refractivity contribution in [3.63, 3.8) is 0 Å². The molecule has 0 bridgehead atoms. The van der Waals surface area contributed by atoms with Gasteiger partial charge in [-0.1, -0.05) is 37.3 Å². The number of nitrogens with zero attached hydrogens (tertiary/aromatic N) is 4. The van der Waals surface area contributed by atoms with Crippen molar-refractivity contribution in [3.8, 4) is 28.7 Å². The lowest BCUT2D eigenvalue weighted by Gasteiger charge is -2.33. The minimum Gasteiger partial charge on any atom is -0.388 e. The van der Waals surface area contributed by atoms with Crippen molar-refractivity contribution in [2.45, 2.75) is 25.3 Å². The van der Waals surface area contributed by atoms with Crippen LogP contribution in [0.5, 0.6) is 0 Å². The summed E-state index contributed by atoms with van der Waals surface area (Å²) in [5.74, 6) is -0.448. The molecule has 8 heteroatoms. The van der Waals surface area contributed by atoms with Gasteiger partial charge in [0.25, 0.3) is 5.89 Å². The van der Waals surface area contributed by atoms with Crippen molar-refractivity contribution < 1.29 is 4.42 Å². The number of aromatic nitrogens is 4. The van der Waals surface area contributed by atoms with E-state index in [1.54, 1.807) is 18.6 Å². The van der Waals surface area contributed by atoms with Crippen LogP contribution in [-0.2, 0) is 0 Å². The molecular weight excluding hydrogens is 416 g/mol. The second kappa shape index (κ2) is 8.20. The van der Waals surface area contributed by atoms with E-state index in [2.05, 4.69) is 50.6 Å². The summed E-state index contributed by atoms with van der Waals surface area (Å²) in [5.41, 5.74) is 4.04. The van der Waals surface area contributed by atoms with E-state index in [4.69, 9.17) is 4.42 Å². The second-order valence-electron chi connectivity index (χ2n) is 7.90. The first-order chi connectivity index (χ1) is 16.1. The van der Waals surface area contributed by atoms with Gasteiger partial charge in [0.1, 0.15) is 6.07 Å². The summed E-state index contributed by atoms with van der Waals surface area (Å²) >= 11 is 0. The molecule has 3 heterocycles. The van der Waals surface area contributed by atoms with Crippen molar-refractivity contribution in [2.24, 2.45) is 0 Å². The number of rotatable bonds is 5. The Hall–Kier alpha value is -4.51. The summed E-state index contributed by atoms with van der Waals surface area (Å²) in [6, 6.07) is 10.0. The van der Waals surface area contributed by atoms with Gasteiger partial charge in [0.2, 0.25) is 0 Å². The van der Waals surface area contributed by atoms with E-state index in [-0.39, 0.29) is 11.4 Å². The Bertz CT molecular complexity index is 1510. The van der Waals surface area contributed by atoms with Crippen LogP contribution in [0.4, 0.5) is 5.69 Å². The van der Waals surface area contributed by atoms with Gasteiger partial charge in [-0.2, -0.15) is 5.26 Å². The Labute approximate surface area is 189 Å². The summed E-state index contributed by atoms with van der Waals surface area (Å²) in [7, 11) is 0. The molecule has 0 radical (unpaired) electrons. The first-order valence-corrected chi connectivity index (χ1v) is 10.6. The highest BCUT2D eigenvalue weighted by Gasteiger charge is 2.27. The molecule has 0 spiro atoms. The molecule has 8 nitrogen and oxygen atoms in total. The second-order valence-corrected chi connectivity index (χ2v) is 7.90. The zero-order valence-electron chi connectivity index (χ0n) is 17.9. The quantitative estimate of drug-likeness (QED) is 0.469. The molecule has 1 aliphatic rings. The van der Waals surface area contributed by atoms with Crippen molar-refractivity contribution in [1.29, 1.82) is 5.26 Å². The summed E-state index contributed by atoms with van der Waals surface area (Å²) in [6.45, 7) is 2.13. The lowest BCUT2D eigenvalue weighted by atomic mass is 9.87. The number of aromatic amines is 1. The highest BCUT2D eigenvalue weighted by Crippen LogP contribution is 2.35. The molecule has 1 atom stereocenters. The van der Waals surface area contributed by atoms with Crippen LogP contribution >= 0.6 is 0 Å². The van der Waals surface area contributed by atoms with E-state index in [0.717, 1.165) is 40.6 Å². The number of H-pyrrole nitrogens is 1. The van der Waals surface area contributed by atoms with E-state index in [1.165, 1.54) is 0 Å². The van der Waals surface area contributed by atoms with Crippen LogP contribution < -0.4 is 11.1 Å². The summed E-state index contributed by atoms with van der Waals surface area (Å²) in [4.78, 5) is 20.1. The predicted octanol–water partition coefficient (Wildman–Crippen LogP) is 4.59. The number of hydrogen-bond donors (Lipinski definition) is 2. The van der Waals surface area contributed by atoms with Crippen LogP contribution in [-0.4, -0.2) is 25.7 Å². The van der Waals surface area contributed by atoms with E-state index < -0.39 is 5.76 Å². The largest absolute Gasteiger partial charge is 0.434 e. The number of allylic oxidation sites excluding steroid dienone is 2. The molecule has 4 aromatic rings. The minimum atomic E-state index is -0.622. The Morgan fingerprint density at radius 2 is 2.06 bits per heavy atom. The maximum atomic E-state index is 11.3. The average molecular weight is 436 g/mol. The maximum Gasteiger partial charge on any atom is 0.434 e. The van der Waals surface area contributed by atoms with Gasteiger partial charge in [-0.15, -0.1) is 5.10 Å². The third-order valence-corrected chi connectivity index (χ3v) is 5.89. The Morgan fingerprint density at radius 3 is 2.79 bits per heavy atom. The molecule has 2 N–H and O–H groups in total. The fraction of sp³-hybridized carbons (Fsp3) is 0.160. The normalized spacial score (nSPS) is 17.2. The fourth-order valence-electron chi connectivity index (χ4n) is 4.02. The molecule has 0 saturated heterocycles. The Balaban J connectivity index is 1.63. The van der Waals surface area contributed by atoms with Crippen LogP contribution in [0.15, 0.2) is 76.4 Å². The van der Waals surface area contributed by atoms with Crippen LogP contribution in [0.3, 0.4) is 0 Å². The van der Waals surface area contributed by atoms with Crippen molar-refractivity contribution in [2.75, 3.05) is 5.32 Å². The smallest absolute Gasteiger partial charge is 0.388 e. The molecule has 3 aromatic heterocycles. The zero-order chi connectivity index (χ0) is 22.8. The van der Waals surface area contributed by atoms with Gasteiger partial charge in [-0.05, 0) is 36.6 Å². The van der Waals surface area contributed by atoms with Gasteiger partial charge >= 0.3 is 5.76 Å². The molecule has 162 valence electrons. The Morgan fingerprint density at radius 1 is 1.18 bits per heavy atom. The lowest BCUT2D eigenvalue weighted by molar-refractivity contribution is 0.527. The van der Waals surface area contributed by atoms with Gasteiger partial charge in [0, 0.05) is 29.5 Å². The van der Waals surface area contributed by atoms with Gasteiger partial charge in [0.15, 0.2) is 0 Å². The highest BCUT2D eigenvalue weighted by atomic mass is 16.4. The summed E-state index contributed by atoms with van der Waals surface area (Å²) in [6.07, 6.45) is 15.0. The van der Waals surface area contributed by atoms with Gasteiger partial charge in [-0.3, -0.25) is 9.97 Å². The topological polar surface area (TPSA) is 120 Å². The fourth-order valence-corrected chi connectivity index (χ4v) is 4.02. The van der Waals surface area contributed by atoms with E-state index in [9.17, 15) is 10.1 Å². The predicted molar refractivity (Wildman–Crippen MR) is 125 cm³/mol. The van der Waals surface area contributed by atoms with Crippen molar-refractivity contribution in [1.82, 2.24) is 20.2 Å². The number of nitriles is 1. The minimum absolute atomic E-state index is 0.174. The molecule has 1 aromatic carbocycles. The van der Waals surface area contributed by atoms with Crippen molar-refractivity contribution >= 4 is 16.6 Å². The van der Waals surface area contributed by atoms with Crippen LogP contribution in [0.25, 0.3) is 33.5 Å². The first kappa shape index (κ1) is 20.4. The SMILES string of the molecule is CCC1(Nc2c(C#N)cnc3ccc(-c4cncc(-c5n[nH]c(=O)o5)c4)cc23)C=CC=CC1. The number of hydrogen-bond acceptors (Lipinski definition) is 7. The number of pyridine rings is 2.